The zero-order valence-electron chi connectivity index (χ0n) is 9.13. The van der Waals surface area contributed by atoms with Crippen molar-refractivity contribution in [2.24, 2.45) is 0 Å². The number of benzene rings is 1. The molecule has 0 bridgehead atoms. The first-order valence-electron chi connectivity index (χ1n) is 5.41. The van der Waals surface area contributed by atoms with Crippen molar-refractivity contribution >= 4 is 16.9 Å². The SMILES string of the molecule is c1ccc(NCc2nc3ncccc3o2)cc1. The number of nitrogens with one attached hydrogen (secondary N) is 1. The van der Waals surface area contributed by atoms with Gasteiger partial charge >= 0.3 is 0 Å². The molecule has 4 nitrogen and oxygen atoms in total. The van der Waals surface area contributed by atoms with Crippen LogP contribution in [0.2, 0.25) is 0 Å². The van der Waals surface area contributed by atoms with Crippen molar-refractivity contribution in [2.75, 3.05) is 5.32 Å². The molecule has 0 amide bonds. The van der Waals surface area contributed by atoms with Crippen LogP contribution in [0.15, 0.2) is 53.1 Å². The number of anilines is 1. The van der Waals surface area contributed by atoms with Gasteiger partial charge in [-0.1, -0.05) is 18.2 Å². The van der Waals surface area contributed by atoms with Crippen molar-refractivity contribution in [3.05, 3.63) is 54.6 Å². The maximum Gasteiger partial charge on any atom is 0.216 e. The Kier molecular flexibility index (Phi) is 2.46. The van der Waals surface area contributed by atoms with Gasteiger partial charge in [0.2, 0.25) is 5.89 Å². The molecule has 0 saturated carbocycles. The van der Waals surface area contributed by atoms with Gasteiger partial charge in [0.25, 0.3) is 0 Å². The monoisotopic (exact) mass is 225 g/mol. The minimum atomic E-state index is 0.556. The lowest BCUT2D eigenvalue weighted by Gasteiger charge is -2.01. The van der Waals surface area contributed by atoms with Gasteiger partial charge in [-0.05, 0) is 24.3 Å². The van der Waals surface area contributed by atoms with Crippen molar-refractivity contribution in [3.63, 3.8) is 0 Å². The quantitative estimate of drug-likeness (QED) is 0.744. The highest BCUT2D eigenvalue weighted by Gasteiger charge is 2.04. The molecule has 0 unspecified atom stereocenters. The van der Waals surface area contributed by atoms with Crippen molar-refractivity contribution < 1.29 is 4.42 Å². The van der Waals surface area contributed by atoms with E-state index < -0.39 is 0 Å². The van der Waals surface area contributed by atoms with E-state index in [0.717, 1.165) is 11.3 Å². The van der Waals surface area contributed by atoms with Gasteiger partial charge in [-0.15, -0.1) is 0 Å². The standard InChI is InChI=1S/C13H11N3O/c1-2-5-10(6-3-1)15-9-12-16-13-11(17-12)7-4-8-14-13/h1-8,15H,9H2. The molecule has 0 spiro atoms. The van der Waals surface area contributed by atoms with Crippen molar-refractivity contribution in [1.29, 1.82) is 0 Å². The number of hydrogen-bond donors (Lipinski definition) is 1. The van der Waals surface area contributed by atoms with Crippen LogP contribution in [0.5, 0.6) is 0 Å². The molecular weight excluding hydrogens is 214 g/mol. The third kappa shape index (κ3) is 2.10. The van der Waals surface area contributed by atoms with Gasteiger partial charge in [-0.2, -0.15) is 4.98 Å². The van der Waals surface area contributed by atoms with E-state index in [2.05, 4.69) is 15.3 Å². The van der Waals surface area contributed by atoms with Crippen molar-refractivity contribution in [2.45, 2.75) is 6.54 Å². The predicted octanol–water partition coefficient (Wildman–Crippen LogP) is 2.83. The van der Waals surface area contributed by atoms with Gasteiger partial charge in [0.05, 0.1) is 6.54 Å². The van der Waals surface area contributed by atoms with Crippen LogP contribution in [-0.2, 0) is 6.54 Å². The van der Waals surface area contributed by atoms with Gasteiger partial charge in [0.15, 0.2) is 11.2 Å². The Balaban J connectivity index is 1.77. The first kappa shape index (κ1) is 9.84. The van der Waals surface area contributed by atoms with Crippen LogP contribution in [-0.4, -0.2) is 9.97 Å². The zero-order chi connectivity index (χ0) is 11.5. The van der Waals surface area contributed by atoms with Crippen LogP contribution in [0.4, 0.5) is 5.69 Å². The molecule has 0 atom stereocenters. The molecule has 3 rings (SSSR count). The van der Waals surface area contributed by atoms with Crippen molar-refractivity contribution in [3.8, 4) is 0 Å². The zero-order valence-corrected chi connectivity index (χ0v) is 9.13. The minimum absolute atomic E-state index is 0.556. The molecule has 0 aliphatic heterocycles. The first-order chi connectivity index (χ1) is 8.42. The van der Waals surface area contributed by atoms with Crippen LogP contribution in [0.3, 0.4) is 0 Å². The summed E-state index contributed by atoms with van der Waals surface area (Å²) < 4.78 is 5.55. The van der Waals surface area contributed by atoms with E-state index in [0.29, 0.717) is 18.1 Å². The fourth-order valence-corrected chi connectivity index (χ4v) is 1.62. The van der Waals surface area contributed by atoms with Gasteiger partial charge in [-0.3, -0.25) is 0 Å². The molecule has 0 aliphatic rings. The first-order valence-corrected chi connectivity index (χ1v) is 5.41. The Morgan fingerprint density at radius 2 is 1.94 bits per heavy atom. The normalized spacial score (nSPS) is 10.6. The lowest BCUT2D eigenvalue weighted by atomic mass is 10.3. The predicted molar refractivity (Wildman–Crippen MR) is 65.6 cm³/mol. The average Bonchev–Trinajstić information content (AvgIpc) is 2.80. The molecule has 4 heteroatoms. The molecule has 1 aromatic carbocycles. The van der Waals surface area contributed by atoms with Crippen LogP contribution < -0.4 is 5.32 Å². The highest BCUT2D eigenvalue weighted by Crippen LogP contribution is 2.13. The number of aromatic nitrogens is 2. The van der Waals surface area contributed by atoms with Crippen LogP contribution in [0, 0.1) is 0 Å². The average molecular weight is 225 g/mol. The number of hydrogen-bond acceptors (Lipinski definition) is 4. The van der Waals surface area contributed by atoms with E-state index in [4.69, 9.17) is 4.42 Å². The minimum Gasteiger partial charge on any atom is -0.437 e. The Hall–Kier alpha value is -2.36. The number of rotatable bonds is 3. The summed E-state index contributed by atoms with van der Waals surface area (Å²) in [7, 11) is 0. The summed E-state index contributed by atoms with van der Waals surface area (Å²) in [6, 6.07) is 13.6. The summed E-state index contributed by atoms with van der Waals surface area (Å²) in [5.74, 6) is 0.641. The molecular formula is C13H11N3O. The summed E-state index contributed by atoms with van der Waals surface area (Å²) in [6.45, 7) is 0.556. The topological polar surface area (TPSA) is 51.0 Å². The van der Waals surface area contributed by atoms with Crippen LogP contribution >= 0.6 is 0 Å². The van der Waals surface area contributed by atoms with E-state index >= 15 is 0 Å². The number of fused-ring (bicyclic) bond motifs is 1. The molecule has 3 aromatic rings. The Morgan fingerprint density at radius 3 is 2.76 bits per heavy atom. The van der Waals surface area contributed by atoms with Crippen LogP contribution in [0.25, 0.3) is 11.2 Å². The van der Waals surface area contributed by atoms with E-state index in [1.807, 2.05) is 42.5 Å². The molecule has 0 saturated heterocycles. The van der Waals surface area contributed by atoms with E-state index in [-0.39, 0.29) is 0 Å². The lowest BCUT2D eigenvalue weighted by molar-refractivity contribution is 0.540. The Morgan fingerprint density at radius 1 is 1.06 bits per heavy atom. The highest BCUT2D eigenvalue weighted by molar-refractivity contribution is 5.66. The maximum atomic E-state index is 5.55. The molecule has 0 fully saturated rings. The summed E-state index contributed by atoms with van der Waals surface area (Å²) in [4.78, 5) is 8.41. The lowest BCUT2D eigenvalue weighted by Crippen LogP contribution is -1.98. The third-order valence-electron chi connectivity index (χ3n) is 2.43. The smallest absolute Gasteiger partial charge is 0.216 e. The molecule has 17 heavy (non-hydrogen) atoms. The van der Waals surface area contributed by atoms with Crippen LogP contribution in [0.1, 0.15) is 5.89 Å². The number of nitrogens with zero attached hydrogens (tertiary/aromatic N) is 2. The maximum absolute atomic E-state index is 5.55. The second kappa shape index (κ2) is 4.25. The summed E-state index contributed by atoms with van der Waals surface area (Å²) in [6.07, 6.45) is 1.71. The van der Waals surface area contributed by atoms with Crippen molar-refractivity contribution in [1.82, 2.24) is 9.97 Å². The van der Waals surface area contributed by atoms with E-state index in [1.165, 1.54) is 0 Å². The largest absolute Gasteiger partial charge is 0.437 e. The third-order valence-corrected chi connectivity index (χ3v) is 2.43. The number of pyridine rings is 1. The highest BCUT2D eigenvalue weighted by atomic mass is 16.3. The van der Waals surface area contributed by atoms with Gasteiger partial charge in [0.1, 0.15) is 0 Å². The summed E-state index contributed by atoms with van der Waals surface area (Å²) >= 11 is 0. The van der Waals surface area contributed by atoms with Gasteiger partial charge in [0, 0.05) is 11.9 Å². The molecule has 0 aliphatic carbocycles. The van der Waals surface area contributed by atoms with E-state index in [1.54, 1.807) is 6.20 Å². The number of oxazole rings is 1. The van der Waals surface area contributed by atoms with Gasteiger partial charge < -0.3 is 9.73 Å². The molecule has 84 valence electrons. The Bertz CT molecular complexity index is 586. The molecule has 0 radical (unpaired) electrons. The Labute approximate surface area is 98.3 Å². The summed E-state index contributed by atoms with van der Waals surface area (Å²) in [5, 5.41) is 3.24. The molecule has 2 heterocycles. The van der Waals surface area contributed by atoms with E-state index in [9.17, 15) is 0 Å². The summed E-state index contributed by atoms with van der Waals surface area (Å²) in [5.41, 5.74) is 2.41. The van der Waals surface area contributed by atoms with Gasteiger partial charge in [-0.25, -0.2) is 4.98 Å². The number of para-hydroxylation sites is 1. The fourth-order valence-electron chi connectivity index (χ4n) is 1.62. The molecule has 1 N–H and O–H groups in total. The second-order valence-corrected chi connectivity index (χ2v) is 3.65. The molecule has 2 aromatic heterocycles. The second-order valence-electron chi connectivity index (χ2n) is 3.65. The fraction of sp³-hybridized carbons (Fsp3) is 0.0769.